The van der Waals surface area contributed by atoms with Gasteiger partial charge in [0.15, 0.2) is 0 Å². The molecule has 0 aromatic carbocycles. The molecule has 2 rings (SSSR count). The molecule has 0 aliphatic carbocycles. The van der Waals surface area contributed by atoms with Gasteiger partial charge < -0.3 is 9.73 Å². The average Bonchev–Trinajstić information content (AvgIpc) is 2.96. The standard InChI is InChI=1S/C11H14F3N5O/c1-3-9-16-17-10(20-9)7(2)15-8-4-5-19(18-8)6-11(12,13)14/h4-5,7H,3,6H2,1-2H3,(H,15,18). The van der Waals surface area contributed by atoms with Gasteiger partial charge in [-0.1, -0.05) is 6.92 Å². The molecule has 0 aliphatic heterocycles. The van der Waals surface area contributed by atoms with Crippen molar-refractivity contribution in [3.63, 3.8) is 0 Å². The number of aromatic nitrogens is 4. The van der Waals surface area contributed by atoms with E-state index in [1.807, 2.05) is 6.92 Å². The lowest BCUT2D eigenvalue weighted by Gasteiger charge is -2.09. The molecule has 1 unspecified atom stereocenters. The van der Waals surface area contributed by atoms with Crippen LogP contribution in [-0.2, 0) is 13.0 Å². The lowest BCUT2D eigenvalue weighted by molar-refractivity contribution is -0.142. The maximum Gasteiger partial charge on any atom is 0.408 e. The van der Waals surface area contributed by atoms with Gasteiger partial charge in [0.25, 0.3) is 0 Å². The van der Waals surface area contributed by atoms with Crippen molar-refractivity contribution in [2.75, 3.05) is 5.32 Å². The fourth-order valence-electron chi connectivity index (χ4n) is 1.58. The van der Waals surface area contributed by atoms with Crippen molar-refractivity contribution in [2.45, 2.75) is 39.0 Å². The van der Waals surface area contributed by atoms with Gasteiger partial charge in [0.05, 0.1) is 0 Å². The molecule has 0 fully saturated rings. The van der Waals surface area contributed by atoms with Gasteiger partial charge in [0.1, 0.15) is 18.4 Å². The number of alkyl halides is 3. The molecule has 6 nitrogen and oxygen atoms in total. The van der Waals surface area contributed by atoms with Gasteiger partial charge in [0.2, 0.25) is 11.8 Å². The molecule has 1 N–H and O–H groups in total. The summed E-state index contributed by atoms with van der Waals surface area (Å²) in [6.07, 6.45) is -2.41. The van der Waals surface area contributed by atoms with Crippen molar-refractivity contribution in [2.24, 2.45) is 0 Å². The molecular weight excluding hydrogens is 275 g/mol. The van der Waals surface area contributed by atoms with Gasteiger partial charge in [-0.2, -0.15) is 18.3 Å². The van der Waals surface area contributed by atoms with E-state index in [1.54, 1.807) is 6.92 Å². The molecule has 2 aromatic rings. The van der Waals surface area contributed by atoms with Crippen LogP contribution in [0.1, 0.15) is 31.7 Å². The maximum absolute atomic E-state index is 12.2. The fourth-order valence-corrected chi connectivity index (χ4v) is 1.58. The third-order valence-electron chi connectivity index (χ3n) is 2.50. The second-order valence-electron chi connectivity index (χ2n) is 4.27. The Bertz CT molecular complexity index is 562. The normalized spacial score (nSPS) is 13.4. The monoisotopic (exact) mass is 289 g/mol. The first kappa shape index (κ1) is 14.4. The summed E-state index contributed by atoms with van der Waals surface area (Å²) >= 11 is 0. The first-order valence-electron chi connectivity index (χ1n) is 6.06. The minimum atomic E-state index is -4.29. The Morgan fingerprint density at radius 3 is 2.75 bits per heavy atom. The number of aryl methyl sites for hydroxylation is 1. The highest BCUT2D eigenvalue weighted by atomic mass is 19.4. The van der Waals surface area contributed by atoms with Crippen LogP contribution in [0, 0.1) is 0 Å². The Kier molecular flexibility index (Phi) is 3.96. The number of halogens is 3. The van der Waals surface area contributed by atoms with Gasteiger partial charge in [-0.3, -0.25) is 4.68 Å². The molecule has 0 bridgehead atoms. The zero-order valence-electron chi connectivity index (χ0n) is 11.0. The SMILES string of the molecule is CCc1nnc(C(C)Nc2ccn(CC(F)(F)F)n2)o1. The highest BCUT2D eigenvalue weighted by molar-refractivity contribution is 5.34. The lowest BCUT2D eigenvalue weighted by Crippen LogP contribution is -2.18. The quantitative estimate of drug-likeness (QED) is 0.916. The Morgan fingerprint density at radius 1 is 1.40 bits per heavy atom. The summed E-state index contributed by atoms with van der Waals surface area (Å²) < 4.78 is 42.8. The first-order valence-corrected chi connectivity index (χ1v) is 6.06. The average molecular weight is 289 g/mol. The Balaban J connectivity index is 1.99. The second kappa shape index (κ2) is 5.51. The van der Waals surface area contributed by atoms with Crippen molar-refractivity contribution in [3.8, 4) is 0 Å². The number of hydrogen-bond acceptors (Lipinski definition) is 5. The summed E-state index contributed by atoms with van der Waals surface area (Å²) in [7, 11) is 0. The van der Waals surface area contributed by atoms with Crippen LogP contribution in [0.2, 0.25) is 0 Å². The van der Waals surface area contributed by atoms with Crippen LogP contribution in [0.5, 0.6) is 0 Å². The van der Waals surface area contributed by atoms with E-state index in [4.69, 9.17) is 4.42 Å². The van der Waals surface area contributed by atoms with E-state index in [0.29, 0.717) is 24.0 Å². The van der Waals surface area contributed by atoms with E-state index in [0.717, 1.165) is 4.68 Å². The molecule has 0 amide bonds. The molecular formula is C11H14F3N5O. The Morgan fingerprint density at radius 2 is 2.15 bits per heavy atom. The molecule has 0 saturated heterocycles. The summed E-state index contributed by atoms with van der Waals surface area (Å²) in [5.74, 6) is 1.20. The van der Waals surface area contributed by atoms with Crippen LogP contribution in [0.15, 0.2) is 16.7 Å². The minimum absolute atomic E-state index is 0.318. The van der Waals surface area contributed by atoms with Crippen LogP contribution in [0.3, 0.4) is 0 Å². The van der Waals surface area contributed by atoms with Crippen molar-refractivity contribution in [3.05, 3.63) is 24.0 Å². The third-order valence-corrected chi connectivity index (χ3v) is 2.50. The zero-order valence-corrected chi connectivity index (χ0v) is 11.0. The number of hydrogen-bond donors (Lipinski definition) is 1. The Hall–Kier alpha value is -2.06. The number of nitrogens with one attached hydrogen (secondary N) is 1. The van der Waals surface area contributed by atoms with Gasteiger partial charge in [-0.15, -0.1) is 10.2 Å². The molecule has 110 valence electrons. The summed E-state index contributed by atoms with van der Waals surface area (Å²) in [6.45, 7) is 2.52. The van der Waals surface area contributed by atoms with E-state index in [9.17, 15) is 13.2 Å². The van der Waals surface area contributed by atoms with Gasteiger partial charge in [-0.25, -0.2) is 0 Å². The molecule has 0 aliphatic rings. The molecule has 2 heterocycles. The maximum atomic E-state index is 12.2. The number of nitrogens with zero attached hydrogens (tertiary/aromatic N) is 4. The van der Waals surface area contributed by atoms with Crippen LogP contribution >= 0.6 is 0 Å². The van der Waals surface area contributed by atoms with E-state index in [2.05, 4.69) is 20.6 Å². The smallest absolute Gasteiger partial charge is 0.408 e. The van der Waals surface area contributed by atoms with Gasteiger partial charge in [0, 0.05) is 18.7 Å². The highest BCUT2D eigenvalue weighted by Crippen LogP contribution is 2.20. The molecule has 20 heavy (non-hydrogen) atoms. The number of rotatable bonds is 5. The molecule has 2 aromatic heterocycles. The third kappa shape index (κ3) is 3.72. The summed E-state index contributed by atoms with van der Waals surface area (Å²) in [6, 6.07) is 1.12. The summed E-state index contributed by atoms with van der Waals surface area (Å²) in [5, 5.41) is 14.4. The molecule has 0 radical (unpaired) electrons. The Labute approximate surface area is 113 Å². The van der Waals surface area contributed by atoms with Gasteiger partial charge in [-0.05, 0) is 6.92 Å². The topological polar surface area (TPSA) is 68.8 Å². The predicted molar refractivity (Wildman–Crippen MR) is 64.0 cm³/mol. The second-order valence-corrected chi connectivity index (χ2v) is 4.27. The highest BCUT2D eigenvalue weighted by Gasteiger charge is 2.28. The summed E-state index contributed by atoms with van der Waals surface area (Å²) in [4.78, 5) is 0. The van der Waals surface area contributed by atoms with Crippen LogP contribution in [0.25, 0.3) is 0 Å². The minimum Gasteiger partial charge on any atom is -0.423 e. The van der Waals surface area contributed by atoms with E-state index in [-0.39, 0.29) is 6.04 Å². The summed E-state index contributed by atoms with van der Waals surface area (Å²) in [5.41, 5.74) is 0. The first-order chi connectivity index (χ1) is 9.37. The van der Waals surface area contributed by atoms with Crippen molar-refractivity contribution >= 4 is 5.82 Å². The molecule has 0 spiro atoms. The van der Waals surface area contributed by atoms with E-state index in [1.165, 1.54) is 12.3 Å². The fraction of sp³-hybridized carbons (Fsp3) is 0.545. The van der Waals surface area contributed by atoms with Crippen LogP contribution in [0.4, 0.5) is 19.0 Å². The number of anilines is 1. The van der Waals surface area contributed by atoms with Crippen molar-refractivity contribution in [1.82, 2.24) is 20.0 Å². The van der Waals surface area contributed by atoms with Crippen LogP contribution in [-0.4, -0.2) is 26.2 Å². The molecule has 0 saturated carbocycles. The van der Waals surface area contributed by atoms with Crippen molar-refractivity contribution < 1.29 is 17.6 Å². The predicted octanol–water partition coefficient (Wildman–Crippen LogP) is 2.56. The van der Waals surface area contributed by atoms with E-state index >= 15 is 0 Å². The largest absolute Gasteiger partial charge is 0.423 e. The van der Waals surface area contributed by atoms with Crippen molar-refractivity contribution in [1.29, 1.82) is 0 Å². The molecule has 1 atom stereocenters. The van der Waals surface area contributed by atoms with Gasteiger partial charge >= 0.3 is 6.18 Å². The van der Waals surface area contributed by atoms with E-state index < -0.39 is 12.7 Å². The van der Waals surface area contributed by atoms with Crippen LogP contribution < -0.4 is 5.32 Å². The lowest BCUT2D eigenvalue weighted by atomic mass is 10.3. The molecule has 9 heteroatoms. The zero-order chi connectivity index (χ0) is 14.8.